The summed E-state index contributed by atoms with van der Waals surface area (Å²) in [4.78, 5) is 10.3. The molecule has 0 amide bonds. The maximum atomic E-state index is 10.7. The average Bonchev–Trinajstić information content (AvgIpc) is 2.74. The maximum absolute atomic E-state index is 10.7. The molecule has 0 unspecified atom stereocenters. The van der Waals surface area contributed by atoms with Crippen LogP contribution in [0.4, 0.5) is 11.4 Å². The fourth-order valence-electron chi connectivity index (χ4n) is 2.84. The smallest absolute Gasteiger partial charge is 0.269 e. The molecule has 0 radical (unpaired) electrons. The van der Waals surface area contributed by atoms with Gasteiger partial charge in [-0.05, 0) is 42.5 Å². The number of rotatable bonds is 10. The lowest BCUT2D eigenvalue weighted by atomic mass is 10.2. The van der Waals surface area contributed by atoms with E-state index >= 15 is 0 Å². The Kier molecular flexibility index (Phi) is 8.54. The lowest BCUT2D eigenvalue weighted by Gasteiger charge is -2.14. The number of nitro groups is 1. The summed E-state index contributed by atoms with van der Waals surface area (Å²) in [5, 5.41) is 18.5. The quantitative estimate of drug-likeness (QED) is 0.181. The molecule has 3 aromatic rings. The average molecular weight is 525 g/mol. The van der Waals surface area contributed by atoms with Crippen LogP contribution in [0.1, 0.15) is 11.1 Å². The van der Waals surface area contributed by atoms with Crippen LogP contribution in [0, 0.1) is 10.1 Å². The summed E-state index contributed by atoms with van der Waals surface area (Å²) in [6.07, 6.45) is 0. The molecule has 0 fully saturated rings. The van der Waals surface area contributed by atoms with Gasteiger partial charge in [0.2, 0.25) is 0 Å². The molecule has 31 heavy (non-hydrogen) atoms. The lowest BCUT2D eigenvalue weighted by Crippen LogP contribution is -2.22. The highest BCUT2D eigenvalue weighted by atomic mass is 79.9. The molecule has 0 saturated carbocycles. The van der Waals surface area contributed by atoms with E-state index in [9.17, 15) is 10.1 Å². The molecular weight excluding hydrogens is 505 g/mol. The van der Waals surface area contributed by atoms with Crippen LogP contribution in [0.15, 0.2) is 65.1 Å². The van der Waals surface area contributed by atoms with E-state index < -0.39 is 4.92 Å². The number of nitro benzene ring substituents is 1. The van der Waals surface area contributed by atoms with Gasteiger partial charge in [0.15, 0.2) is 0 Å². The minimum Gasteiger partial charge on any atom is -0.489 e. The number of anilines is 1. The molecule has 0 aliphatic rings. The zero-order chi connectivity index (χ0) is 22.2. The van der Waals surface area contributed by atoms with Crippen LogP contribution in [0.2, 0.25) is 10.0 Å². The van der Waals surface area contributed by atoms with Gasteiger partial charge in [-0.25, -0.2) is 0 Å². The predicted molar refractivity (Wildman–Crippen MR) is 128 cm³/mol. The van der Waals surface area contributed by atoms with Gasteiger partial charge < -0.3 is 15.4 Å². The van der Waals surface area contributed by atoms with E-state index in [1.807, 2.05) is 24.3 Å². The minimum atomic E-state index is -0.413. The van der Waals surface area contributed by atoms with Crippen LogP contribution in [0.5, 0.6) is 5.75 Å². The molecule has 0 aliphatic carbocycles. The highest BCUT2D eigenvalue weighted by molar-refractivity contribution is 9.10. The molecule has 0 aromatic heterocycles. The third kappa shape index (κ3) is 7.11. The maximum Gasteiger partial charge on any atom is 0.269 e. The topological polar surface area (TPSA) is 76.4 Å². The summed E-state index contributed by atoms with van der Waals surface area (Å²) in [6, 6.07) is 17.5. The molecule has 6 nitrogen and oxygen atoms in total. The lowest BCUT2D eigenvalue weighted by molar-refractivity contribution is -0.384. The van der Waals surface area contributed by atoms with Crippen molar-refractivity contribution in [1.29, 1.82) is 0 Å². The van der Waals surface area contributed by atoms with E-state index in [0.717, 1.165) is 27.0 Å². The highest BCUT2D eigenvalue weighted by Gasteiger charge is 2.08. The molecule has 0 atom stereocenters. The van der Waals surface area contributed by atoms with Crippen molar-refractivity contribution in [2.24, 2.45) is 0 Å². The molecule has 162 valence electrons. The second kappa shape index (κ2) is 11.3. The number of halogens is 3. The van der Waals surface area contributed by atoms with Crippen molar-refractivity contribution in [1.82, 2.24) is 5.32 Å². The number of hydrogen-bond donors (Lipinski definition) is 2. The number of nitrogens with one attached hydrogen (secondary N) is 2. The first kappa shape index (κ1) is 23.3. The van der Waals surface area contributed by atoms with E-state index in [1.165, 1.54) is 12.1 Å². The van der Waals surface area contributed by atoms with Gasteiger partial charge in [0.05, 0.1) is 4.92 Å². The summed E-state index contributed by atoms with van der Waals surface area (Å²) in [5.74, 6) is 0.769. The molecule has 2 N–H and O–H groups in total. The zero-order valence-corrected chi connectivity index (χ0v) is 19.5. The van der Waals surface area contributed by atoms with Crippen LogP contribution in [-0.4, -0.2) is 18.0 Å². The van der Waals surface area contributed by atoms with E-state index in [1.54, 1.807) is 24.3 Å². The Morgan fingerprint density at radius 3 is 2.45 bits per heavy atom. The molecule has 0 aliphatic heterocycles. The van der Waals surface area contributed by atoms with Gasteiger partial charge in [0.1, 0.15) is 12.4 Å². The Balaban J connectivity index is 1.50. The van der Waals surface area contributed by atoms with Gasteiger partial charge in [-0.1, -0.05) is 45.2 Å². The van der Waals surface area contributed by atoms with Crippen molar-refractivity contribution in [2.45, 2.75) is 13.2 Å². The second-order valence-corrected chi connectivity index (χ2v) is 8.44. The van der Waals surface area contributed by atoms with Crippen LogP contribution in [0.3, 0.4) is 0 Å². The first-order valence-corrected chi connectivity index (χ1v) is 11.0. The van der Waals surface area contributed by atoms with Crippen LogP contribution in [0.25, 0.3) is 0 Å². The van der Waals surface area contributed by atoms with E-state index in [4.69, 9.17) is 27.9 Å². The molecule has 0 spiro atoms. The third-order valence-corrected chi connectivity index (χ3v) is 5.53. The van der Waals surface area contributed by atoms with Gasteiger partial charge in [0, 0.05) is 63.1 Å². The zero-order valence-electron chi connectivity index (χ0n) is 16.4. The number of benzene rings is 3. The standard InChI is InChI=1S/C22H20BrCl2N3O3/c23-17-2-8-22(31-14-15-1-3-18(24)12-21(15)25)16(11-17)13-26-9-10-27-19-4-6-20(7-5-19)28(29)30/h1-8,11-12,26-27H,9-10,13-14H2. The summed E-state index contributed by atoms with van der Waals surface area (Å²) < 4.78 is 6.96. The second-order valence-electron chi connectivity index (χ2n) is 6.68. The van der Waals surface area contributed by atoms with Crippen molar-refractivity contribution in [2.75, 3.05) is 18.4 Å². The van der Waals surface area contributed by atoms with Crippen LogP contribution >= 0.6 is 39.1 Å². The van der Waals surface area contributed by atoms with Gasteiger partial charge in [-0.2, -0.15) is 0 Å². The van der Waals surface area contributed by atoms with Crippen LogP contribution < -0.4 is 15.4 Å². The Bertz CT molecular complexity index is 1050. The number of non-ortho nitro benzene ring substituents is 1. The summed E-state index contributed by atoms with van der Waals surface area (Å²) in [5.41, 5.74) is 2.78. The predicted octanol–water partition coefficient (Wildman–Crippen LogP) is 6.44. The number of hydrogen-bond acceptors (Lipinski definition) is 5. The first-order chi connectivity index (χ1) is 14.9. The largest absolute Gasteiger partial charge is 0.489 e. The van der Waals surface area contributed by atoms with Crippen molar-refractivity contribution < 1.29 is 9.66 Å². The van der Waals surface area contributed by atoms with Gasteiger partial charge >= 0.3 is 0 Å². The minimum absolute atomic E-state index is 0.0748. The molecule has 3 aromatic carbocycles. The summed E-state index contributed by atoms with van der Waals surface area (Å²) in [7, 11) is 0. The molecular formula is C22H20BrCl2N3O3. The van der Waals surface area contributed by atoms with Crippen molar-refractivity contribution in [3.63, 3.8) is 0 Å². The normalized spacial score (nSPS) is 10.7. The summed E-state index contributed by atoms with van der Waals surface area (Å²) >= 11 is 15.7. The van der Waals surface area contributed by atoms with E-state index in [-0.39, 0.29) is 5.69 Å². The van der Waals surface area contributed by atoms with Crippen LogP contribution in [-0.2, 0) is 13.2 Å². The van der Waals surface area contributed by atoms with Gasteiger partial charge in [-0.3, -0.25) is 10.1 Å². The number of ether oxygens (including phenoxy) is 1. The Hall–Kier alpha value is -2.32. The fraction of sp³-hybridized carbons (Fsp3) is 0.182. The third-order valence-electron chi connectivity index (χ3n) is 4.45. The summed E-state index contributed by atoms with van der Waals surface area (Å²) in [6.45, 7) is 2.33. The molecule has 0 saturated heterocycles. The molecule has 3 rings (SSSR count). The first-order valence-electron chi connectivity index (χ1n) is 9.46. The van der Waals surface area contributed by atoms with Crippen molar-refractivity contribution in [3.05, 3.63) is 96.4 Å². The highest BCUT2D eigenvalue weighted by Crippen LogP contribution is 2.26. The Labute approximate surface area is 198 Å². The Morgan fingerprint density at radius 2 is 1.74 bits per heavy atom. The Morgan fingerprint density at radius 1 is 0.968 bits per heavy atom. The number of nitrogens with zero attached hydrogens (tertiary/aromatic N) is 1. The molecule has 0 heterocycles. The van der Waals surface area contributed by atoms with Crippen molar-refractivity contribution in [3.8, 4) is 5.75 Å². The monoisotopic (exact) mass is 523 g/mol. The van der Waals surface area contributed by atoms with Crippen molar-refractivity contribution >= 4 is 50.5 Å². The van der Waals surface area contributed by atoms with Gasteiger partial charge in [0.25, 0.3) is 5.69 Å². The van der Waals surface area contributed by atoms with Gasteiger partial charge in [-0.15, -0.1) is 0 Å². The molecule has 9 heteroatoms. The van der Waals surface area contributed by atoms with E-state index in [0.29, 0.717) is 36.3 Å². The van der Waals surface area contributed by atoms with E-state index in [2.05, 4.69) is 26.6 Å². The fourth-order valence-corrected chi connectivity index (χ4v) is 3.71. The SMILES string of the molecule is O=[N+]([O-])c1ccc(NCCNCc2cc(Br)ccc2OCc2ccc(Cl)cc2Cl)cc1. The molecule has 0 bridgehead atoms.